The third kappa shape index (κ3) is 3.85. The summed E-state index contributed by atoms with van der Waals surface area (Å²) < 4.78 is 41.0. The largest absolute Gasteiger partial charge is 0.294 e. The van der Waals surface area contributed by atoms with Crippen molar-refractivity contribution in [2.45, 2.75) is 17.9 Å². The van der Waals surface area contributed by atoms with Gasteiger partial charge in [-0.3, -0.25) is 15.0 Å². The van der Waals surface area contributed by atoms with E-state index in [9.17, 15) is 22.9 Å². The average molecular weight is 393 g/mol. The van der Waals surface area contributed by atoms with Gasteiger partial charge in [-0.15, -0.1) is 0 Å². The van der Waals surface area contributed by atoms with Gasteiger partial charge in [-0.25, -0.2) is 12.8 Å². The van der Waals surface area contributed by atoms with E-state index >= 15 is 0 Å². The minimum atomic E-state index is -3.97. The predicted molar refractivity (Wildman–Crippen MR) is 98.2 cm³/mol. The number of rotatable bonds is 5. The number of nitro benzene ring substituents is 1. The number of sulfonamides is 1. The molecule has 1 aliphatic heterocycles. The van der Waals surface area contributed by atoms with Crippen LogP contribution in [0.3, 0.4) is 0 Å². The number of nitrogens with zero attached hydrogens (tertiary/aromatic N) is 3. The third-order valence-corrected chi connectivity index (χ3v) is 6.80. The second kappa shape index (κ2) is 7.71. The summed E-state index contributed by atoms with van der Waals surface area (Å²) in [5.74, 6) is -0.292. The number of benzene rings is 2. The topological polar surface area (TPSA) is 83.8 Å². The Morgan fingerprint density at radius 3 is 2.26 bits per heavy atom. The van der Waals surface area contributed by atoms with Crippen LogP contribution in [-0.2, 0) is 10.0 Å². The minimum absolute atomic E-state index is 0.188. The minimum Gasteiger partial charge on any atom is -0.294 e. The second-order valence-electron chi connectivity index (χ2n) is 6.36. The molecule has 1 heterocycles. The van der Waals surface area contributed by atoms with Crippen LogP contribution >= 0.6 is 0 Å². The number of nitro groups is 1. The fourth-order valence-corrected chi connectivity index (χ4v) is 4.89. The molecule has 2 aromatic carbocycles. The van der Waals surface area contributed by atoms with Crippen molar-refractivity contribution in [1.82, 2.24) is 9.21 Å². The number of hydrogen-bond acceptors (Lipinski definition) is 5. The highest BCUT2D eigenvalue weighted by Crippen LogP contribution is 2.29. The Hall–Kier alpha value is -2.36. The number of hydrogen-bond donors (Lipinski definition) is 0. The first kappa shape index (κ1) is 19.4. The molecule has 0 aliphatic carbocycles. The smallest absolute Gasteiger partial charge is 0.289 e. The summed E-state index contributed by atoms with van der Waals surface area (Å²) in [4.78, 5) is 12.2. The Morgan fingerprint density at radius 1 is 1.04 bits per heavy atom. The molecule has 1 aliphatic rings. The summed E-state index contributed by atoms with van der Waals surface area (Å²) in [5.41, 5.74) is 0.132. The maximum Gasteiger partial charge on any atom is 0.289 e. The fourth-order valence-electron chi connectivity index (χ4n) is 3.31. The van der Waals surface area contributed by atoms with Crippen LogP contribution in [0.1, 0.15) is 18.5 Å². The molecule has 1 fully saturated rings. The zero-order chi connectivity index (χ0) is 19.6. The normalized spacial score (nSPS) is 17.6. The molecular weight excluding hydrogens is 373 g/mol. The quantitative estimate of drug-likeness (QED) is 0.576. The highest BCUT2D eigenvalue weighted by Gasteiger charge is 2.34. The number of halogens is 1. The van der Waals surface area contributed by atoms with Gasteiger partial charge >= 0.3 is 0 Å². The van der Waals surface area contributed by atoms with Crippen molar-refractivity contribution in [2.24, 2.45) is 0 Å². The molecule has 2 aromatic rings. The lowest BCUT2D eigenvalue weighted by molar-refractivity contribution is -0.387. The van der Waals surface area contributed by atoms with Crippen LogP contribution in [0.25, 0.3) is 0 Å². The lowest BCUT2D eigenvalue weighted by Crippen LogP contribution is -2.49. The van der Waals surface area contributed by atoms with E-state index in [0.29, 0.717) is 18.7 Å². The van der Waals surface area contributed by atoms with Gasteiger partial charge in [0.05, 0.1) is 4.92 Å². The molecule has 9 heteroatoms. The maximum atomic E-state index is 14.0. The van der Waals surface area contributed by atoms with Gasteiger partial charge in [-0.05, 0) is 19.1 Å². The van der Waals surface area contributed by atoms with Crippen LogP contribution in [0.15, 0.2) is 53.4 Å². The maximum absolute atomic E-state index is 14.0. The molecule has 0 amide bonds. The first-order chi connectivity index (χ1) is 12.8. The summed E-state index contributed by atoms with van der Waals surface area (Å²) in [6.45, 7) is 3.08. The molecule has 0 spiro atoms. The van der Waals surface area contributed by atoms with Crippen molar-refractivity contribution in [3.63, 3.8) is 0 Å². The molecule has 0 radical (unpaired) electrons. The summed E-state index contributed by atoms with van der Waals surface area (Å²) in [5, 5.41) is 11.2. The van der Waals surface area contributed by atoms with E-state index in [2.05, 4.69) is 0 Å². The first-order valence-corrected chi connectivity index (χ1v) is 9.98. The van der Waals surface area contributed by atoms with Gasteiger partial charge in [0, 0.05) is 43.9 Å². The summed E-state index contributed by atoms with van der Waals surface area (Å²) in [6.07, 6.45) is 0. The highest BCUT2D eigenvalue weighted by atomic mass is 32.2. The van der Waals surface area contributed by atoms with E-state index in [0.717, 1.165) is 0 Å². The van der Waals surface area contributed by atoms with E-state index < -0.39 is 20.6 Å². The first-order valence-electron chi connectivity index (χ1n) is 8.54. The van der Waals surface area contributed by atoms with Gasteiger partial charge in [-0.2, -0.15) is 4.31 Å². The predicted octanol–water partition coefficient (Wildman–Crippen LogP) is 2.80. The van der Waals surface area contributed by atoms with Crippen molar-refractivity contribution < 1.29 is 17.7 Å². The zero-order valence-electron chi connectivity index (χ0n) is 14.8. The molecule has 0 aromatic heterocycles. The number of para-hydroxylation sites is 1. The van der Waals surface area contributed by atoms with Crippen LogP contribution in [0.2, 0.25) is 0 Å². The van der Waals surface area contributed by atoms with Crippen molar-refractivity contribution in [3.05, 3.63) is 70.0 Å². The molecule has 0 N–H and O–H groups in total. The van der Waals surface area contributed by atoms with Crippen molar-refractivity contribution in [1.29, 1.82) is 0 Å². The lowest BCUT2D eigenvalue weighted by atomic mass is 10.1. The van der Waals surface area contributed by atoms with Crippen LogP contribution < -0.4 is 0 Å². The van der Waals surface area contributed by atoms with E-state index in [-0.39, 0.29) is 29.8 Å². The van der Waals surface area contributed by atoms with Gasteiger partial charge in [0.2, 0.25) is 10.0 Å². The Balaban J connectivity index is 1.76. The van der Waals surface area contributed by atoms with Crippen LogP contribution in [0.4, 0.5) is 10.1 Å². The monoisotopic (exact) mass is 393 g/mol. The highest BCUT2D eigenvalue weighted by molar-refractivity contribution is 7.89. The summed E-state index contributed by atoms with van der Waals surface area (Å²) in [6, 6.07) is 11.7. The molecule has 144 valence electrons. The Kier molecular flexibility index (Phi) is 5.54. The van der Waals surface area contributed by atoms with Gasteiger partial charge in [0.25, 0.3) is 5.69 Å². The average Bonchev–Trinajstić information content (AvgIpc) is 2.68. The van der Waals surface area contributed by atoms with Crippen molar-refractivity contribution in [3.8, 4) is 0 Å². The standard InChI is InChI=1S/C18H20FN3O4S/c1-14(15-6-2-3-7-16(15)19)20-10-12-21(13-11-20)27(25,26)18-9-5-4-8-17(18)22(23)24/h2-9,14H,10-13H2,1H3. The van der Waals surface area contributed by atoms with Crippen LogP contribution in [0, 0.1) is 15.9 Å². The second-order valence-corrected chi connectivity index (χ2v) is 8.27. The van der Waals surface area contributed by atoms with Gasteiger partial charge in [-0.1, -0.05) is 30.3 Å². The molecule has 27 heavy (non-hydrogen) atoms. The number of piperazine rings is 1. The Bertz CT molecular complexity index is 943. The van der Waals surface area contributed by atoms with E-state index in [1.807, 2.05) is 11.8 Å². The Labute approximate surface area is 157 Å². The van der Waals surface area contributed by atoms with E-state index in [4.69, 9.17) is 0 Å². The lowest BCUT2D eigenvalue weighted by Gasteiger charge is -2.37. The Morgan fingerprint density at radius 2 is 1.63 bits per heavy atom. The van der Waals surface area contributed by atoms with Gasteiger partial charge in [0.15, 0.2) is 4.90 Å². The molecule has 1 unspecified atom stereocenters. The van der Waals surface area contributed by atoms with E-state index in [1.54, 1.807) is 18.2 Å². The molecular formula is C18H20FN3O4S. The third-order valence-electron chi connectivity index (χ3n) is 4.86. The SMILES string of the molecule is CC(c1ccccc1F)N1CCN(S(=O)(=O)c2ccccc2[N+](=O)[O-])CC1. The van der Waals surface area contributed by atoms with E-state index in [1.165, 1.54) is 34.6 Å². The summed E-state index contributed by atoms with van der Waals surface area (Å²) in [7, 11) is -3.97. The van der Waals surface area contributed by atoms with Gasteiger partial charge < -0.3 is 0 Å². The molecule has 7 nitrogen and oxygen atoms in total. The molecule has 0 bridgehead atoms. The fraction of sp³-hybridized carbons (Fsp3) is 0.333. The molecule has 1 atom stereocenters. The van der Waals surface area contributed by atoms with Crippen LogP contribution in [-0.4, -0.2) is 48.7 Å². The van der Waals surface area contributed by atoms with Crippen LogP contribution in [0.5, 0.6) is 0 Å². The zero-order valence-corrected chi connectivity index (χ0v) is 15.6. The van der Waals surface area contributed by atoms with Gasteiger partial charge in [0.1, 0.15) is 5.82 Å². The molecule has 1 saturated heterocycles. The molecule has 0 saturated carbocycles. The summed E-state index contributed by atoms with van der Waals surface area (Å²) >= 11 is 0. The van der Waals surface area contributed by atoms with Crippen molar-refractivity contribution >= 4 is 15.7 Å². The van der Waals surface area contributed by atoms with Crippen molar-refractivity contribution in [2.75, 3.05) is 26.2 Å². The molecule has 3 rings (SSSR count).